The Kier molecular flexibility index (Phi) is 8.52. The van der Waals surface area contributed by atoms with E-state index >= 15 is 0 Å². The SMILES string of the molecule is C[C@H]1C(C(=O)N[N+]2(C)CCCCC2)=NN(c2ccc(Cl)cc2Cl)[C@H]1c1ccc(Br)cc1.[I-]. The summed E-state index contributed by atoms with van der Waals surface area (Å²) in [5.74, 6) is -0.240. The first-order valence-corrected chi connectivity index (χ1v) is 12.1. The Bertz CT molecular complexity index is 1010. The summed E-state index contributed by atoms with van der Waals surface area (Å²) in [6.45, 7) is 3.93. The molecule has 0 saturated carbocycles. The number of hydrogen-bond donors (Lipinski definition) is 1. The zero-order valence-corrected chi connectivity index (χ0v) is 23.2. The third-order valence-electron chi connectivity index (χ3n) is 6.16. The number of piperidine rings is 1. The summed E-state index contributed by atoms with van der Waals surface area (Å²) in [6.07, 6.45) is 3.45. The highest BCUT2D eigenvalue weighted by Crippen LogP contribution is 2.42. The Balaban J connectivity index is 0.00000289. The third-order valence-corrected chi connectivity index (χ3v) is 7.23. The largest absolute Gasteiger partial charge is 1.00 e. The molecule has 1 saturated heterocycles. The Morgan fingerprint density at radius 3 is 2.41 bits per heavy atom. The minimum absolute atomic E-state index is 0. The van der Waals surface area contributed by atoms with Gasteiger partial charge in [-0.2, -0.15) is 10.5 Å². The lowest BCUT2D eigenvalue weighted by atomic mass is 9.91. The standard InChI is InChI=1S/C23H25BrCl2N4O.HI/c1-15-21(23(31)28-30(2)12-4-3-5-13-30)27-29(20-11-10-18(25)14-19(20)26)22(15)16-6-8-17(24)9-7-16;/h6-11,14-15,22H,3-5,12-13H2,1-2H3;1H/t15-,22+;/m0./s1. The highest BCUT2D eigenvalue weighted by molar-refractivity contribution is 9.10. The van der Waals surface area contributed by atoms with E-state index in [4.69, 9.17) is 28.3 Å². The van der Waals surface area contributed by atoms with Gasteiger partial charge in [-0.05, 0) is 55.2 Å². The number of nitrogens with one attached hydrogen (secondary N) is 1. The molecule has 0 bridgehead atoms. The minimum Gasteiger partial charge on any atom is -1.00 e. The molecule has 1 N–H and O–H groups in total. The van der Waals surface area contributed by atoms with Crippen molar-refractivity contribution >= 4 is 56.4 Å². The van der Waals surface area contributed by atoms with E-state index in [1.807, 2.05) is 30.1 Å². The number of carbonyl (C=O) groups excluding carboxylic acids is 1. The lowest BCUT2D eigenvalue weighted by Gasteiger charge is -2.36. The van der Waals surface area contributed by atoms with Crippen LogP contribution in [-0.4, -0.2) is 36.3 Å². The second-order valence-corrected chi connectivity index (χ2v) is 10.3. The van der Waals surface area contributed by atoms with Gasteiger partial charge in [0.25, 0.3) is 0 Å². The van der Waals surface area contributed by atoms with Gasteiger partial charge in [0.1, 0.15) is 18.8 Å². The topological polar surface area (TPSA) is 44.7 Å². The maximum absolute atomic E-state index is 13.3. The van der Waals surface area contributed by atoms with E-state index in [2.05, 4.69) is 40.5 Å². The number of carbonyl (C=O) groups is 1. The molecule has 5 nitrogen and oxygen atoms in total. The number of anilines is 1. The van der Waals surface area contributed by atoms with Gasteiger partial charge >= 0.3 is 5.91 Å². The van der Waals surface area contributed by atoms with Crippen molar-refractivity contribution in [2.45, 2.75) is 32.2 Å². The Morgan fingerprint density at radius 1 is 1.12 bits per heavy atom. The number of likely N-dealkylation sites (tertiary alicyclic amines) is 1. The molecular formula is C23H26BrCl2IN4O. The van der Waals surface area contributed by atoms with Gasteiger partial charge in [0, 0.05) is 15.4 Å². The second-order valence-electron chi connectivity index (χ2n) is 8.56. The lowest BCUT2D eigenvalue weighted by Crippen LogP contribution is -3.00. The molecule has 0 spiro atoms. The van der Waals surface area contributed by atoms with Crippen LogP contribution < -0.4 is 34.4 Å². The summed E-state index contributed by atoms with van der Waals surface area (Å²) in [5, 5.41) is 7.72. The van der Waals surface area contributed by atoms with Crippen LogP contribution in [0.15, 0.2) is 52.0 Å². The Morgan fingerprint density at radius 2 is 1.78 bits per heavy atom. The molecule has 2 aromatic carbocycles. The molecule has 2 aromatic rings. The molecular weight excluding hydrogens is 626 g/mol. The normalized spacial score (nSPS) is 22.2. The second kappa shape index (κ2) is 10.6. The summed E-state index contributed by atoms with van der Waals surface area (Å²) in [5.41, 5.74) is 5.53. The van der Waals surface area contributed by atoms with Gasteiger partial charge in [0.05, 0.1) is 23.8 Å². The Hall–Kier alpha value is -0.870. The number of amides is 1. The molecule has 2 aliphatic heterocycles. The van der Waals surface area contributed by atoms with Gasteiger partial charge in [-0.1, -0.05) is 58.2 Å². The monoisotopic (exact) mass is 650 g/mol. The van der Waals surface area contributed by atoms with Crippen LogP contribution in [0.5, 0.6) is 0 Å². The van der Waals surface area contributed by atoms with Crippen molar-refractivity contribution in [1.29, 1.82) is 0 Å². The summed E-state index contributed by atoms with van der Waals surface area (Å²) < 4.78 is 1.55. The van der Waals surface area contributed by atoms with Gasteiger partial charge in [-0.15, -0.1) is 0 Å². The van der Waals surface area contributed by atoms with Crippen LogP contribution in [0.4, 0.5) is 5.69 Å². The van der Waals surface area contributed by atoms with Gasteiger partial charge < -0.3 is 24.0 Å². The van der Waals surface area contributed by atoms with E-state index in [1.54, 1.807) is 12.1 Å². The van der Waals surface area contributed by atoms with Gasteiger partial charge in [0.2, 0.25) is 0 Å². The van der Waals surface area contributed by atoms with Crippen LogP contribution in [0.3, 0.4) is 0 Å². The van der Waals surface area contributed by atoms with Crippen LogP contribution in [0.2, 0.25) is 10.0 Å². The van der Waals surface area contributed by atoms with Crippen LogP contribution in [0, 0.1) is 5.92 Å². The number of quaternary nitrogens is 1. The summed E-state index contributed by atoms with van der Waals surface area (Å²) in [4.78, 5) is 13.3. The molecule has 0 radical (unpaired) electrons. The van der Waals surface area contributed by atoms with Crippen LogP contribution in [0.1, 0.15) is 37.8 Å². The molecule has 0 unspecified atom stereocenters. The van der Waals surface area contributed by atoms with E-state index in [9.17, 15) is 4.79 Å². The molecule has 1 fully saturated rings. The van der Waals surface area contributed by atoms with Crippen molar-refractivity contribution in [3.05, 3.63) is 62.5 Å². The smallest absolute Gasteiger partial charge is 0.312 e. The number of benzene rings is 2. The predicted octanol–water partition coefficient (Wildman–Crippen LogP) is 2.98. The Labute approximate surface area is 224 Å². The maximum atomic E-state index is 13.3. The molecule has 9 heteroatoms. The molecule has 0 aliphatic carbocycles. The molecule has 2 heterocycles. The number of hydrazone groups is 1. The highest BCUT2D eigenvalue weighted by Gasteiger charge is 2.42. The average molecular weight is 652 g/mol. The summed E-state index contributed by atoms with van der Waals surface area (Å²) in [6, 6.07) is 13.3. The average Bonchev–Trinajstić information content (AvgIpc) is 3.06. The molecule has 1 amide bonds. The maximum Gasteiger partial charge on any atom is 0.312 e. The van der Waals surface area contributed by atoms with Gasteiger partial charge in [-0.25, -0.2) is 4.59 Å². The van der Waals surface area contributed by atoms with E-state index in [-0.39, 0.29) is 41.8 Å². The van der Waals surface area contributed by atoms with Crippen LogP contribution >= 0.6 is 39.1 Å². The molecule has 2 aliphatic rings. The van der Waals surface area contributed by atoms with Crippen molar-refractivity contribution < 1.29 is 33.4 Å². The zero-order chi connectivity index (χ0) is 22.2. The number of halogens is 4. The minimum atomic E-state index is -0.154. The quantitative estimate of drug-likeness (QED) is 0.409. The fraction of sp³-hybridized carbons (Fsp3) is 0.391. The van der Waals surface area contributed by atoms with Gasteiger partial charge in [-0.3, -0.25) is 9.80 Å². The van der Waals surface area contributed by atoms with Crippen molar-refractivity contribution in [2.24, 2.45) is 11.0 Å². The first-order chi connectivity index (χ1) is 14.8. The van der Waals surface area contributed by atoms with E-state index < -0.39 is 0 Å². The molecule has 0 aromatic heterocycles. The van der Waals surface area contributed by atoms with Crippen molar-refractivity contribution in [2.75, 3.05) is 25.1 Å². The molecule has 2 atom stereocenters. The van der Waals surface area contributed by atoms with Crippen LogP contribution in [-0.2, 0) is 4.79 Å². The lowest BCUT2D eigenvalue weighted by molar-refractivity contribution is -0.947. The van der Waals surface area contributed by atoms with Crippen LogP contribution in [0.25, 0.3) is 0 Å². The molecule has 32 heavy (non-hydrogen) atoms. The number of hydrogen-bond acceptors (Lipinski definition) is 3. The first-order valence-electron chi connectivity index (χ1n) is 10.5. The predicted molar refractivity (Wildman–Crippen MR) is 130 cm³/mol. The molecule has 4 rings (SSSR count). The first kappa shape index (κ1) is 25.7. The number of nitrogens with zero attached hydrogens (tertiary/aromatic N) is 3. The van der Waals surface area contributed by atoms with Crippen molar-refractivity contribution in [1.82, 2.24) is 5.43 Å². The van der Waals surface area contributed by atoms with Gasteiger partial charge in [0.15, 0.2) is 0 Å². The highest BCUT2D eigenvalue weighted by atomic mass is 127. The van der Waals surface area contributed by atoms with Crippen molar-refractivity contribution in [3.63, 3.8) is 0 Å². The van der Waals surface area contributed by atoms with E-state index in [1.165, 1.54) is 6.42 Å². The summed E-state index contributed by atoms with van der Waals surface area (Å²) >= 11 is 16.2. The zero-order valence-electron chi connectivity index (χ0n) is 18.0. The fourth-order valence-electron chi connectivity index (χ4n) is 4.47. The molecule has 172 valence electrons. The van der Waals surface area contributed by atoms with Crippen molar-refractivity contribution in [3.8, 4) is 0 Å². The fourth-order valence-corrected chi connectivity index (χ4v) is 5.23. The third kappa shape index (κ3) is 5.43. The van der Waals surface area contributed by atoms with E-state index in [0.717, 1.165) is 41.7 Å². The summed E-state index contributed by atoms with van der Waals surface area (Å²) in [7, 11) is 2.08. The van der Waals surface area contributed by atoms with E-state index in [0.29, 0.717) is 20.3 Å². The number of rotatable bonds is 4.